The van der Waals surface area contributed by atoms with E-state index in [9.17, 15) is 0 Å². The summed E-state index contributed by atoms with van der Waals surface area (Å²) in [6.45, 7) is 3.56. The Balaban J connectivity index is 1.61. The monoisotopic (exact) mass is 282 g/mol. The maximum atomic E-state index is 5.89. The first-order chi connectivity index (χ1) is 9.22. The minimum Gasteiger partial charge on any atom is -0.463 e. The molecule has 104 valence electrons. The van der Waals surface area contributed by atoms with Gasteiger partial charge in [-0.25, -0.2) is 0 Å². The highest BCUT2D eigenvalue weighted by atomic mass is 35.5. The molecule has 0 spiro atoms. The first kappa shape index (κ1) is 12.9. The Labute approximate surface area is 118 Å². The fourth-order valence-corrected chi connectivity index (χ4v) is 2.66. The first-order valence-electron chi connectivity index (χ1n) is 7.00. The summed E-state index contributed by atoms with van der Waals surface area (Å²) in [6, 6.07) is 0.306. The lowest BCUT2D eigenvalue weighted by atomic mass is 10.0. The van der Waals surface area contributed by atoms with Crippen LogP contribution in [0.4, 0.5) is 5.95 Å². The molecule has 1 aromatic rings. The molecule has 19 heavy (non-hydrogen) atoms. The minimum atomic E-state index is 0.180. The average Bonchev–Trinajstić information content (AvgIpc) is 3.26. The molecule has 5 nitrogen and oxygen atoms in total. The predicted octanol–water partition coefficient (Wildman–Crippen LogP) is 2.92. The van der Waals surface area contributed by atoms with Gasteiger partial charge in [-0.1, -0.05) is 6.92 Å². The van der Waals surface area contributed by atoms with Gasteiger partial charge in [-0.3, -0.25) is 0 Å². The van der Waals surface area contributed by atoms with E-state index in [0.29, 0.717) is 24.0 Å². The van der Waals surface area contributed by atoms with Crippen molar-refractivity contribution in [2.24, 2.45) is 11.3 Å². The van der Waals surface area contributed by atoms with Crippen molar-refractivity contribution in [2.75, 3.05) is 18.5 Å². The number of ether oxygens (including phenoxy) is 1. The van der Waals surface area contributed by atoms with Crippen LogP contribution in [0.1, 0.15) is 39.0 Å². The fourth-order valence-electron chi connectivity index (χ4n) is 2.51. The Morgan fingerprint density at radius 1 is 1.32 bits per heavy atom. The summed E-state index contributed by atoms with van der Waals surface area (Å²) in [5.74, 6) is 1.44. The molecule has 2 aliphatic carbocycles. The number of hydrogen-bond donors (Lipinski definition) is 1. The van der Waals surface area contributed by atoms with Crippen molar-refractivity contribution in [3.05, 3.63) is 5.28 Å². The number of nitrogens with one attached hydrogen (secondary N) is 1. The van der Waals surface area contributed by atoms with Gasteiger partial charge in [0.25, 0.3) is 0 Å². The largest absolute Gasteiger partial charge is 0.463 e. The van der Waals surface area contributed by atoms with Crippen LogP contribution < -0.4 is 10.1 Å². The second-order valence-corrected chi connectivity index (χ2v) is 5.89. The summed E-state index contributed by atoms with van der Waals surface area (Å²) in [4.78, 5) is 12.3. The molecule has 6 heteroatoms. The molecule has 2 saturated carbocycles. The van der Waals surface area contributed by atoms with E-state index in [2.05, 4.69) is 20.3 Å². The van der Waals surface area contributed by atoms with Crippen LogP contribution in [0.2, 0.25) is 5.28 Å². The molecule has 3 rings (SSSR count). The zero-order chi connectivity index (χ0) is 13.3. The zero-order valence-electron chi connectivity index (χ0n) is 11.2. The molecule has 0 atom stereocenters. The van der Waals surface area contributed by atoms with Crippen molar-refractivity contribution >= 4 is 17.5 Å². The quantitative estimate of drug-likeness (QED) is 0.833. The van der Waals surface area contributed by atoms with Crippen molar-refractivity contribution < 1.29 is 4.74 Å². The highest BCUT2D eigenvalue weighted by Crippen LogP contribution is 2.61. The molecule has 0 bridgehead atoms. The van der Waals surface area contributed by atoms with Crippen LogP contribution in [-0.2, 0) is 0 Å². The smallest absolute Gasteiger partial charge is 0.322 e. The standard InChI is InChI=1S/C13H19ClN4O/c1-2-7-19-12-17-10(14)16-11(18-12)15-8-13(5-6-13)9-3-4-9/h9H,2-8H2,1H3,(H,15,16,17,18). The lowest BCUT2D eigenvalue weighted by molar-refractivity contribution is 0.291. The predicted molar refractivity (Wildman–Crippen MR) is 73.5 cm³/mol. The molecule has 0 saturated heterocycles. The van der Waals surface area contributed by atoms with Gasteiger partial charge < -0.3 is 10.1 Å². The maximum absolute atomic E-state index is 5.89. The summed E-state index contributed by atoms with van der Waals surface area (Å²) in [5, 5.41) is 3.48. The highest BCUT2D eigenvalue weighted by Gasteiger charge is 2.53. The van der Waals surface area contributed by atoms with E-state index in [-0.39, 0.29) is 5.28 Å². The van der Waals surface area contributed by atoms with Gasteiger partial charge in [0.1, 0.15) is 0 Å². The molecule has 2 aliphatic rings. The van der Waals surface area contributed by atoms with Crippen molar-refractivity contribution in [1.29, 1.82) is 0 Å². The van der Waals surface area contributed by atoms with Gasteiger partial charge in [-0.15, -0.1) is 0 Å². The Hall–Kier alpha value is -1.10. The van der Waals surface area contributed by atoms with Crippen molar-refractivity contribution in [1.82, 2.24) is 15.0 Å². The summed E-state index contributed by atoms with van der Waals surface area (Å²) in [7, 11) is 0. The zero-order valence-corrected chi connectivity index (χ0v) is 11.9. The Morgan fingerprint density at radius 2 is 2.11 bits per heavy atom. The van der Waals surface area contributed by atoms with Crippen LogP contribution >= 0.6 is 11.6 Å². The van der Waals surface area contributed by atoms with Gasteiger partial charge in [0.05, 0.1) is 6.61 Å². The lowest BCUT2D eigenvalue weighted by Gasteiger charge is -2.15. The van der Waals surface area contributed by atoms with Crippen LogP contribution in [0, 0.1) is 11.3 Å². The Kier molecular flexibility index (Phi) is 3.48. The number of halogens is 1. The van der Waals surface area contributed by atoms with E-state index < -0.39 is 0 Å². The second-order valence-electron chi connectivity index (χ2n) is 5.55. The van der Waals surface area contributed by atoms with Gasteiger partial charge in [0, 0.05) is 6.54 Å². The van der Waals surface area contributed by atoms with Crippen LogP contribution in [0.5, 0.6) is 6.01 Å². The van der Waals surface area contributed by atoms with E-state index in [0.717, 1.165) is 18.9 Å². The third kappa shape index (κ3) is 3.08. The molecule has 0 aliphatic heterocycles. The maximum Gasteiger partial charge on any atom is 0.322 e. The molecular formula is C13H19ClN4O. The first-order valence-corrected chi connectivity index (χ1v) is 7.38. The third-order valence-corrected chi connectivity index (χ3v) is 4.13. The summed E-state index contributed by atoms with van der Waals surface area (Å²) in [5.41, 5.74) is 0.504. The summed E-state index contributed by atoms with van der Waals surface area (Å²) in [6.07, 6.45) is 6.32. The minimum absolute atomic E-state index is 0.180. The van der Waals surface area contributed by atoms with E-state index in [1.54, 1.807) is 0 Å². The van der Waals surface area contributed by atoms with E-state index in [1.165, 1.54) is 25.7 Å². The van der Waals surface area contributed by atoms with E-state index >= 15 is 0 Å². The van der Waals surface area contributed by atoms with Gasteiger partial charge >= 0.3 is 6.01 Å². The SMILES string of the molecule is CCCOc1nc(Cl)nc(NCC2(C3CC3)CC2)n1. The summed E-state index contributed by atoms with van der Waals surface area (Å²) >= 11 is 5.89. The molecule has 2 fully saturated rings. The van der Waals surface area contributed by atoms with Gasteiger partial charge in [0.15, 0.2) is 0 Å². The fraction of sp³-hybridized carbons (Fsp3) is 0.769. The van der Waals surface area contributed by atoms with E-state index in [1.807, 2.05) is 6.92 Å². The molecule has 1 N–H and O–H groups in total. The average molecular weight is 283 g/mol. The molecule has 0 unspecified atom stereocenters. The van der Waals surface area contributed by atoms with Gasteiger partial charge in [-0.2, -0.15) is 15.0 Å². The number of nitrogens with zero attached hydrogens (tertiary/aromatic N) is 3. The Bertz CT molecular complexity index is 460. The van der Waals surface area contributed by atoms with Crippen LogP contribution in [0.15, 0.2) is 0 Å². The highest BCUT2D eigenvalue weighted by molar-refractivity contribution is 6.28. The molecule has 1 aromatic heterocycles. The second kappa shape index (κ2) is 5.12. The third-order valence-electron chi connectivity index (χ3n) is 3.96. The molecule has 1 heterocycles. The number of rotatable bonds is 7. The van der Waals surface area contributed by atoms with Gasteiger partial charge in [0.2, 0.25) is 11.2 Å². The normalized spacial score (nSPS) is 20.1. The lowest BCUT2D eigenvalue weighted by Crippen LogP contribution is -2.19. The van der Waals surface area contributed by atoms with Crippen LogP contribution in [-0.4, -0.2) is 28.1 Å². The van der Waals surface area contributed by atoms with Crippen molar-refractivity contribution in [3.8, 4) is 6.01 Å². The molecule has 0 radical (unpaired) electrons. The molecule has 0 amide bonds. The number of aromatic nitrogens is 3. The Morgan fingerprint density at radius 3 is 2.74 bits per heavy atom. The summed E-state index contributed by atoms with van der Waals surface area (Å²) < 4.78 is 5.40. The van der Waals surface area contributed by atoms with Crippen molar-refractivity contribution in [3.63, 3.8) is 0 Å². The van der Waals surface area contributed by atoms with E-state index in [4.69, 9.17) is 16.3 Å². The topological polar surface area (TPSA) is 59.9 Å². The van der Waals surface area contributed by atoms with Crippen LogP contribution in [0.3, 0.4) is 0 Å². The van der Waals surface area contributed by atoms with Crippen LogP contribution in [0.25, 0.3) is 0 Å². The molecular weight excluding hydrogens is 264 g/mol. The number of hydrogen-bond acceptors (Lipinski definition) is 5. The molecule has 0 aromatic carbocycles. The number of anilines is 1. The van der Waals surface area contributed by atoms with Crippen molar-refractivity contribution in [2.45, 2.75) is 39.0 Å². The van der Waals surface area contributed by atoms with Gasteiger partial charge in [-0.05, 0) is 55.0 Å².